The van der Waals surface area contributed by atoms with Crippen LogP contribution in [0.4, 0.5) is 0 Å². The van der Waals surface area contributed by atoms with Crippen molar-refractivity contribution in [3.8, 4) is 11.5 Å². The van der Waals surface area contributed by atoms with Crippen molar-refractivity contribution < 1.29 is 29.9 Å². The van der Waals surface area contributed by atoms with Gasteiger partial charge in [0.2, 0.25) is 0 Å². The summed E-state index contributed by atoms with van der Waals surface area (Å²) >= 11 is 0. The molecule has 0 unspecified atom stereocenters. The van der Waals surface area contributed by atoms with Crippen LogP contribution in [0.3, 0.4) is 0 Å². The number of benzene rings is 2. The third kappa shape index (κ3) is 9.70. The van der Waals surface area contributed by atoms with Crippen LogP contribution >= 0.6 is 0 Å². The molecule has 0 aliphatic carbocycles. The molecular formula is C25H36O6. The van der Waals surface area contributed by atoms with Crippen molar-refractivity contribution in [1.82, 2.24) is 0 Å². The van der Waals surface area contributed by atoms with Gasteiger partial charge in [-0.3, -0.25) is 0 Å². The van der Waals surface area contributed by atoms with Gasteiger partial charge in [-0.25, -0.2) is 0 Å². The van der Waals surface area contributed by atoms with Gasteiger partial charge in [0.05, 0.1) is 38.6 Å². The Labute approximate surface area is 185 Å². The molecular weight excluding hydrogens is 396 g/mol. The van der Waals surface area contributed by atoms with Gasteiger partial charge in [0.25, 0.3) is 0 Å². The predicted molar refractivity (Wildman–Crippen MR) is 121 cm³/mol. The maximum Gasteiger partial charge on any atom is 0.118 e. The second-order valence-electron chi connectivity index (χ2n) is 8.10. The summed E-state index contributed by atoms with van der Waals surface area (Å²) in [5.74, 6) is 1.58. The zero-order chi connectivity index (χ0) is 22.6. The fourth-order valence-corrected chi connectivity index (χ4v) is 3.62. The molecule has 4 N–H and O–H groups in total. The monoisotopic (exact) mass is 432 g/mol. The minimum absolute atomic E-state index is 0.138. The summed E-state index contributed by atoms with van der Waals surface area (Å²) in [6, 6.07) is 15.4. The first-order valence-electron chi connectivity index (χ1n) is 10.9. The molecule has 0 aliphatic heterocycles. The Morgan fingerprint density at radius 1 is 0.548 bits per heavy atom. The summed E-state index contributed by atoms with van der Waals surface area (Å²) < 4.78 is 10.3. The van der Waals surface area contributed by atoms with Gasteiger partial charge in [0.1, 0.15) is 11.5 Å². The Kier molecular flexibility index (Phi) is 10.8. The molecule has 2 aromatic carbocycles. The molecule has 31 heavy (non-hydrogen) atoms. The van der Waals surface area contributed by atoms with E-state index in [9.17, 15) is 20.4 Å². The standard InChI is InChI=1S/C25H36O6/c1-30-24-11-5-18(6-12-24)3-9-20(26)15-22(28)17-23(29)16-21(27)10-4-19-7-13-25(31-2)14-8-19/h5-8,11-14,20-23,26-29H,3-4,9-10,15-17H2,1-2H3/t20-,21-,22+,23+/m0/s1. The minimum Gasteiger partial charge on any atom is -0.497 e. The highest BCUT2D eigenvalue weighted by molar-refractivity contribution is 5.28. The lowest BCUT2D eigenvalue weighted by Crippen LogP contribution is -2.26. The highest BCUT2D eigenvalue weighted by Gasteiger charge is 2.19. The van der Waals surface area contributed by atoms with Gasteiger partial charge < -0.3 is 29.9 Å². The molecule has 2 rings (SSSR count). The summed E-state index contributed by atoms with van der Waals surface area (Å²) in [4.78, 5) is 0. The van der Waals surface area contributed by atoms with E-state index in [1.807, 2.05) is 48.5 Å². The Bertz CT molecular complexity index is 667. The van der Waals surface area contributed by atoms with Crippen molar-refractivity contribution in [3.63, 3.8) is 0 Å². The van der Waals surface area contributed by atoms with E-state index in [4.69, 9.17) is 9.47 Å². The van der Waals surface area contributed by atoms with Crippen LogP contribution in [0.5, 0.6) is 11.5 Å². The molecule has 6 nitrogen and oxygen atoms in total. The van der Waals surface area contributed by atoms with Gasteiger partial charge >= 0.3 is 0 Å². The molecule has 0 saturated heterocycles. The predicted octanol–water partition coefficient (Wildman–Crippen LogP) is 2.88. The topological polar surface area (TPSA) is 99.4 Å². The van der Waals surface area contributed by atoms with Crippen LogP contribution in [0.2, 0.25) is 0 Å². The maximum absolute atomic E-state index is 10.2. The van der Waals surface area contributed by atoms with Crippen LogP contribution in [0.25, 0.3) is 0 Å². The summed E-state index contributed by atoms with van der Waals surface area (Å²) in [6.07, 6.45) is 0.0878. The average molecular weight is 433 g/mol. The quantitative estimate of drug-likeness (QED) is 0.366. The van der Waals surface area contributed by atoms with Gasteiger partial charge in [-0.15, -0.1) is 0 Å². The summed E-state index contributed by atoms with van der Waals surface area (Å²) in [7, 11) is 3.24. The highest BCUT2D eigenvalue weighted by Crippen LogP contribution is 2.18. The molecule has 6 heteroatoms. The number of hydrogen-bond acceptors (Lipinski definition) is 6. The zero-order valence-electron chi connectivity index (χ0n) is 18.5. The largest absolute Gasteiger partial charge is 0.497 e. The van der Waals surface area contributed by atoms with E-state index in [-0.39, 0.29) is 19.3 Å². The summed E-state index contributed by atoms with van der Waals surface area (Å²) in [5, 5.41) is 40.8. The van der Waals surface area contributed by atoms with Gasteiger partial charge in [0, 0.05) is 0 Å². The molecule has 0 bridgehead atoms. The van der Waals surface area contributed by atoms with Crippen molar-refractivity contribution in [2.24, 2.45) is 0 Å². The fraction of sp³-hybridized carbons (Fsp3) is 0.520. The first-order valence-corrected chi connectivity index (χ1v) is 10.9. The molecule has 0 aliphatic rings. The van der Waals surface area contributed by atoms with Crippen molar-refractivity contribution >= 4 is 0 Å². The van der Waals surface area contributed by atoms with E-state index in [1.165, 1.54) is 0 Å². The molecule has 172 valence electrons. The number of ether oxygens (including phenoxy) is 2. The number of methoxy groups -OCH3 is 2. The molecule has 0 radical (unpaired) electrons. The maximum atomic E-state index is 10.2. The lowest BCUT2D eigenvalue weighted by molar-refractivity contribution is 0.0163. The second kappa shape index (κ2) is 13.3. The van der Waals surface area contributed by atoms with Gasteiger partial charge in [-0.1, -0.05) is 24.3 Å². The van der Waals surface area contributed by atoms with E-state index in [1.54, 1.807) is 14.2 Å². The Morgan fingerprint density at radius 3 is 1.19 bits per heavy atom. The van der Waals surface area contributed by atoms with Gasteiger partial charge in [-0.2, -0.15) is 0 Å². The van der Waals surface area contributed by atoms with Crippen LogP contribution in [-0.4, -0.2) is 59.1 Å². The van der Waals surface area contributed by atoms with Crippen LogP contribution in [0.15, 0.2) is 48.5 Å². The van der Waals surface area contributed by atoms with Crippen LogP contribution in [0, 0.1) is 0 Å². The van der Waals surface area contributed by atoms with E-state index < -0.39 is 24.4 Å². The van der Waals surface area contributed by atoms with Gasteiger partial charge in [-0.05, 0) is 80.3 Å². The first-order chi connectivity index (χ1) is 14.9. The average Bonchev–Trinajstić information content (AvgIpc) is 2.76. The second-order valence-corrected chi connectivity index (χ2v) is 8.10. The first kappa shape index (κ1) is 25.1. The third-order valence-corrected chi connectivity index (χ3v) is 5.48. The van der Waals surface area contributed by atoms with E-state index in [0.29, 0.717) is 25.7 Å². The van der Waals surface area contributed by atoms with Crippen LogP contribution in [-0.2, 0) is 12.8 Å². The summed E-state index contributed by atoms with van der Waals surface area (Å²) in [6.45, 7) is 0. The number of aliphatic hydroxyl groups is 4. The Balaban J connectivity index is 1.63. The molecule has 4 atom stereocenters. The number of rotatable bonds is 14. The van der Waals surface area contributed by atoms with Crippen molar-refractivity contribution in [2.45, 2.75) is 69.4 Å². The van der Waals surface area contributed by atoms with E-state index in [0.717, 1.165) is 22.6 Å². The molecule has 0 heterocycles. The number of aryl methyl sites for hydroxylation is 2. The van der Waals surface area contributed by atoms with Crippen LogP contribution < -0.4 is 9.47 Å². The lowest BCUT2D eigenvalue weighted by Gasteiger charge is -2.20. The minimum atomic E-state index is -0.811. The molecule has 0 saturated carbocycles. The molecule has 0 amide bonds. The number of hydrogen-bond donors (Lipinski definition) is 4. The third-order valence-electron chi connectivity index (χ3n) is 5.48. The Hall–Kier alpha value is -2.12. The summed E-state index contributed by atoms with van der Waals surface area (Å²) in [5.41, 5.74) is 2.18. The van der Waals surface area contributed by atoms with Crippen molar-refractivity contribution in [2.75, 3.05) is 14.2 Å². The lowest BCUT2D eigenvalue weighted by atomic mass is 9.96. The zero-order valence-corrected chi connectivity index (χ0v) is 18.5. The molecule has 2 aromatic rings. The normalized spacial score (nSPS) is 15.2. The molecule has 0 aromatic heterocycles. The fourth-order valence-electron chi connectivity index (χ4n) is 3.62. The molecule has 0 fully saturated rings. The van der Waals surface area contributed by atoms with Crippen molar-refractivity contribution in [1.29, 1.82) is 0 Å². The van der Waals surface area contributed by atoms with Crippen molar-refractivity contribution in [3.05, 3.63) is 59.7 Å². The van der Waals surface area contributed by atoms with E-state index in [2.05, 4.69) is 0 Å². The molecule has 0 spiro atoms. The van der Waals surface area contributed by atoms with Gasteiger partial charge in [0.15, 0.2) is 0 Å². The van der Waals surface area contributed by atoms with Crippen LogP contribution in [0.1, 0.15) is 43.2 Å². The SMILES string of the molecule is COc1ccc(CC[C@H](O)C[C@@H](O)C[C@H](O)C[C@@H](O)CCc2ccc(OC)cc2)cc1. The highest BCUT2D eigenvalue weighted by atomic mass is 16.5. The Morgan fingerprint density at radius 2 is 0.871 bits per heavy atom. The number of aliphatic hydroxyl groups excluding tert-OH is 4. The smallest absolute Gasteiger partial charge is 0.118 e. The van der Waals surface area contributed by atoms with E-state index >= 15 is 0 Å².